The third kappa shape index (κ3) is 2.87. The van der Waals surface area contributed by atoms with Gasteiger partial charge in [0.2, 0.25) is 5.91 Å². The van der Waals surface area contributed by atoms with Crippen molar-refractivity contribution in [3.8, 4) is 0 Å². The SMILES string of the molecule is CC1CN(C(=O)C2(c3ccc(Br)cc3)CC2)CCN1.Cl. The van der Waals surface area contributed by atoms with Gasteiger partial charge in [0.05, 0.1) is 5.41 Å². The average Bonchev–Trinajstić information content (AvgIpc) is 3.20. The van der Waals surface area contributed by atoms with Gasteiger partial charge in [-0.1, -0.05) is 28.1 Å². The summed E-state index contributed by atoms with van der Waals surface area (Å²) >= 11 is 3.45. The van der Waals surface area contributed by atoms with Crippen molar-refractivity contribution in [2.24, 2.45) is 0 Å². The highest BCUT2D eigenvalue weighted by atomic mass is 79.9. The number of nitrogens with one attached hydrogen (secondary N) is 1. The molecular formula is C15H20BrClN2O. The molecule has 110 valence electrons. The number of benzene rings is 1. The van der Waals surface area contributed by atoms with Crippen molar-refractivity contribution in [2.75, 3.05) is 19.6 Å². The first-order valence-electron chi connectivity index (χ1n) is 6.91. The molecule has 1 saturated heterocycles. The van der Waals surface area contributed by atoms with Crippen molar-refractivity contribution in [1.29, 1.82) is 0 Å². The number of carbonyl (C=O) groups excluding carboxylic acids is 1. The van der Waals surface area contributed by atoms with Crippen LogP contribution in [-0.4, -0.2) is 36.5 Å². The normalized spacial score (nSPS) is 23.9. The van der Waals surface area contributed by atoms with Crippen molar-refractivity contribution in [3.63, 3.8) is 0 Å². The second kappa shape index (κ2) is 6.04. The van der Waals surface area contributed by atoms with Crippen LogP contribution in [0.25, 0.3) is 0 Å². The van der Waals surface area contributed by atoms with Gasteiger partial charge in [0.15, 0.2) is 0 Å². The van der Waals surface area contributed by atoms with Crippen LogP contribution in [0.5, 0.6) is 0 Å². The molecule has 2 fully saturated rings. The van der Waals surface area contributed by atoms with Gasteiger partial charge in [-0.15, -0.1) is 12.4 Å². The minimum absolute atomic E-state index is 0. The Hall–Kier alpha value is -0.580. The van der Waals surface area contributed by atoms with Gasteiger partial charge in [-0.05, 0) is 37.5 Å². The lowest BCUT2D eigenvalue weighted by atomic mass is 9.94. The summed E-state index contributed by atoms with van der Waals surface area (Å²) in [5.41, 5.74) is 0.949. The predicted molar refractivity (Wildman–Crippen MR) is 86.3 cm³/mol. The van der Waals surface area contributed by atoms with Crippen LogP contribution in [0.1, 0.15) is 25.3 Å². The first-order chi connectivity index (χ1) is 9.12. The van der Waals surface area contributed by atoms with Gasteiger partial charge < -0.3 is 10.2 Å². The van der Waals surface area contributed by atoms with Crippen LogP contribution in [0.4, 0.5) is 0 Å². The molecule has 1 aliphatic heterocycles. The number of nitrogens with zero attached hydrogens (tertiary/aromatic N) is 1. The maximum atomic E-state index is 12.8. The summed E-state index contributed by atoms with van der Waals surface area (Å²) in [6, 6.07) is 8.63. The van der Waals surface area contributed by atoms with E-state index in [9.17, 15) is 4.79 Å². The molecule has 1 aliphatic carbocycles. The summed E-state index contributed by atoms with van der Waals surface area (Å²) in [6.07, 6.45) is 1.98. The molecular weight excluding hydrogens is 340 g/mol. The summed E-state index contributed by atoms with van der Waals surface area (Å²) in [5, 5.41) is 3.39. The standard InChI is InChI=1S/C15H19BrN2O.ClH/c1-11-10-18(9-8-17-11)14(19)15(6-7-15)12-2-4-13(16)5-3-12;/h2-5,11,17H,6-10H2,1H3;1H. The fourth-order valence-corrected chi connectivity index (χ4v) is 3.20. The molecule has 1 atom stereocenters. The minimum Gasteiger partial charge on any atom is -0.339 e. The quantitative estimate of drug-likeness (QED) is 0.880. The second-order valence-electron chi connectivity index (χ2n) is 5.70. The first-order valence-corrected chi connectivity index (χ1v) is 7.70. The number of amides is 1. The van der Waals surface area contributed by atoms with E-state index >= 15 is 0 Å². The number of piperazine rings is 1. The lowest BCUT2D eigenvalue weighted by molar-refractivity contribution is -0.135. The van der Waals surface area contributed by atoms with E-state index in [1.807, 2.05) is 17.0 Å². The monoisotopic (exact) mass is 358 g/mol. The van der Waals surface area contributed by atoms with Crippen molar-refractivity contribution in [3.05, 3.63) is 34.3 Å². The third-order valence-electron chi connectivity index (χ3n) is 4.21. The van der Waals surface area contributed by atoms with Crippen LogP contribution < -0.4 is 5.32 Å². The molecule has 1 amide bonds. The Kier molecular flexibility index (Phi) is 4.77. The summed E-state index contributed by atoms with van der Waals surface area (Å²) in [7, 11) is 0. The highest BCUT2D eigenvalue weighted by Crippen LogP contribution is 2.49. The molecule has 1 aromatic rings. The minimum atomic E-state index is -0.224. The first kappa shape index (κ1) is 15.8. The van der Waals surface area contributed by atoms with Gasteiger partial charge in [-0.2, -0.15) is 0 Å². The van der Waals surface area contributed by atoms with E-state index < -0.39 is 0 Å². The number of rotatable bonds is 2. The molecule has 1 unspecified atom stereocenters. The highest BCUT2D eigenvalue weighted by Gasteiger charge is 2.53. The van der Waals surface area contributed by atoms with Crippen LogP contribution in [0.3, 0.4) is 0 Å². The molecule has 0 radical (unpaired) electrons. The summed E-state index contributed by atoms with van der Waals surface area (Å²) in [5.74, 6) is 0.322. The van der Waals surface area contributed by atoms with Gasteiger partial charge in [0.25, 0.3) is 0 Å². The Labute approximate surface area is 134 Å². The van der Waals surface area contributed by atoms with Crippen LogP contribution in [-0.2, 0) is 10.2 Å². The lowest BCUT2D eigenvalue weighted by Gasteiger charge is -2.34. The van der Waals surface area contributed by atoms with Gasteiger partial charge >= 0.3 is 0 Å². The maximum absolute atomic E-state index is 12.8. The van der Waals surface area contributed by atoms with Crippen LogP contribution >= 0.6 is 28.3 Å². The molecule has 3 nitrogen and oxygen atoms in total. The van der Waals surface area contributed by atoms with Crippen molar-refractivity contribution >= 4 is 34.2 Å². The predicted octanol–water partition coefficient (Wildman–Crippen LogP) is 2.72. The number of hydrogen-bond acceptors (Lipinski definition) is 2. The zero-order chi connectivity index (χ0) is 13.5. The molecule has 5 heteroatoms. The molecule has 0 aromatic heterocycles. The summed E-state index contributed by atoms with van der Waals surface area (Å²) in [6.45, 7) is 4.71. The Morgan fingerprint density at radius 1 is 1.35 bits per heavy atom. The largest absolute Gasteiger partial charge is 0.339 e. The van der Waals surface area contributed by atoms with E-state index in [4.69, 9.17) is 0 Å². The van der Waals surface area contributed by atoms with Gasteiger partial charge in [0.1, 0.15) is 0 Å². The smallest absolute Gasteiger partial charge is 0.233 e. The molecule has 1 saturated carbocycles. The highest BCUT2D eigenvalue weighted by molar-refractivity contribution is 9.10. The van der Waals surface area contributed by atoms with E-state index in [1.54, 1.807) is 0 Å². The summed E-state index contributed by atoms with van der Waals surface area (Å²) < 4.78 is 1.07. The Balaban J connectivity index is 0.00000147. The van der Waals surface area contributed by atoms with E-state index in [2.05, 4.69) is 40.3 Å². The Bertz CT molecular complexity index is 487. The van der Waals surface area contributed by atoms with E-state index in [-0.39, 0.29) is 17.8 Å². The summed E-state index contributed by atoms with van der Waals surface area (Å²) in [4.78, 5) is 14.8. The number of hydrogen-bond donors (Lipinski definition) is 1. The number of halogens is 2. The Morgan fingerprint density at radius 3 is 2.55 bits per heavy atom. The topological polar surface area (TPSA) is 32.3 Å². The third-order valence-corrected chi connectivity index (χ3v) is 4.74. The molecule has 0 bridgehead atoms. The van der Waals surface area contributed by atoms with Crippen molar-refractivity contribution in [1.82, 2.24) is 10.2 Å². The molecule has 3 rings (SSSR count). The molecule has 0 spiro atoms. The fraction of sp³-hybridized carbons (Fsp3) is 0.533. The van der Waals surface area contributed by atoms with Gasteiger partial charge in [-0.25, -0.2) is 0 Å². The van der Waals surface area contributed by atoms with Gasteiger partial charge in [-0.3, -0.25) is 4.79 Å². The maximum Gasteiger partial charge on any atom is 0.233 e. The average molecular weight is 360 g/mol. The molecule has 1 N–H and O–H groups in total. The van der Waals surface area contributed by atoms with Crippen LogP contribution in [0, 0.1) is 0 Å². The van der Waals surface area contributed by atoms with E-state index in [1.165, 1.54) is 5.56 Å². The lowest BCUT2D eigenvalue weighted by Crippen LogP contribution is -2.53. The molecule has 1 heterocycles. The van der Waals surface area contributed by atoms with Gasteiger partial charge in [0, 0.05) is 30.1 Å². The van der Waals surface area contributed by atoms with Crippen LogP contribution in [0.2, 0.25) is 0 Å². The molecule has 1 aromatic carbocycles. The van der Waals surface area contributed by atoms with Crippen LogP contribution in [0.15, 0.2) is 28.7 Å². The molecule has 2 aliphatic rings. The van der Waals surface area contributed by atoms with Crippen molar-refractivity contribution in [2.45, 2.75) is 31.2 Å². The Morgan fingerprint density at radius 2 is 2.00 bits per heavy atom. The van der Waals surface area contributed by atoms with E-state index in [0.29, 0.717) is 11.9 Å². The van der Waals surface area contributed by atoms with Crippen molar-refractivity contribution < 1.29 is 4.79 Å². The van der Waals surface area contributed by atoms with E-state index in [0.717, 1.165) is 36.9 Å². The fourth-order valence-electron chi connectivity index (χ4n) is 2.94. The second-order valence-corrected chi connectivity index (χ2v) is 6.61. The zero-order valence-electron chi connectivity index (χ0n) is 11.6. The zero-order valence-corrected chi connectivity index (χ0v) is 14.0. The molecule has 20 heavy (non-hydrogen) atoms. The number of carbonyl (C=O) groups is 1.